The summed E-state index contributed by atoms with van der Waals surface area (Å²) in [4.78, 5) is 30.1. The largest absolute Gasteiger partial charge is 0.366 e. The Bertz CT molecular complexity index is 1040. The van der Waals surface area contributed by atoms with Gasteiger partial charge in [0.25, 0.3) is 5.69 Å². The lowest BCUT2D eigenvalue weighted by Gasteiger charge is -2.32. The fraction of sp³-hybridized carbons (Fsp3) is 0.300. The molecule has 28 heavy (non-hydrogen) atoms. The van der Waals surface area contributed by atoms with Crippen LogP contribution in [0.2, 0.25) is 0 Å². The van der Waals surface area contributed by atoms with E-state index in [0.29, 0.717) is 36.8 Å². The summed E-state index contributed by atoms with van der Waals surface area (Å²) in [5.41, 5.74) is 2.74. The number of thiazole rings is 1. The molecule has 1 fully saturated rings. The van der Waals surface area contributed by atoms with Crippen LogP contribution in [0.5, 0.6) is 0 Å². The summed E-state index contributed by atoms with van der Waals surface area (Å²) in [6, 6.07) is 12.7. The molecule has 3 aromatic rings. The van der Waals surface area contributed by atoms with Crippen molar-refractivity contribution in [3.05, 3.63) is 58.1 Å². The van der Waals surface area contributed by atoms with Crippen molar-refractivity contribution >= 4 is 44.0 Å². The average molecular weight is 396 g/mol. The number of piperidine rings is 1. The third-order valence-corrected chi connectivity index (χ3v) is 6.07. The predicted octanol–water partition coefficient (Wildman–Crippen LogP) is 4.37. The van der Waals surface area contributed by atoms with Crippen LogP contribution in [-0.4, -0.2) is 28.9 Å². The third-order valence-electron chi connectivity index (χ3n) is 5.14. The second kappa shape index (κ2) is 7.55. The van der Waals surface area contributed by atoms with Crippen molar-refractivity contribution in [2.75, 3.05) is 23.3 Å². The van der Waals surface area contributed by atoms with Gasteiger partial charge in [-0.05, 0) is 37.5 Å². The molecule has 2 aromatic carbocycles. The zero-order valence-corrected chi connectivity index (χ0v) is 16.2. The van der Waals surface area contributed by atoms with Crippen LogP contribution in [0.3, 0.4) is 0 Å². The van der Waals surface area contributed by atoms with Crippen molar-refractivity contribution in [2.24, 2.45) is 5.92 Å². The first-order valence-corrected chi connectivity index (χ1v) is 10.00. The molecule has 7 nitrogen and oxygen atoms in total. The van der Waals surface area contributed by atoms with Gasteiger partial charge in [0, 0.05) is 25.1 Å². The van der Waals surface area contributed by atoms with Gasteiger partial charge < -0.3 is 10.2 Å². The van der Waals surface area contributed by atoms with Gasteiger partial charge in [0.15, 0.2) is 5.13 Å². The zero-order valence-electron chi connectivity index (χ0n) is 15.4. The monoisotopic (exact) mass is 396 g/mol. The van der Waals surface area contributed by atoms with Gasteiger partial charge in [-0.1, -0.05) is 35.6 Å². The van der Waals surface area contributed by atoms with E-state index >= 15 is 0 Å². The highest BCUT2D eigenvalue weighted by atomic mass is 32.1. The maximum atomic E-state index is 12.7. The number of hydrogen-bond donors (Lipinski definition) is 1. The molecule has 0 atom stereocenters. The minimum absolute atomic E-state index is 0.0288. The van der Waals surface area contributed by atoms with Gasteiger partial charge in [-0.3, -0.25) is 14.9 Å². The summed E-state index contributed by atoms with van der Waals surface area (Å²) >= 11 is 1.48. The smallest absolute Gasteiger partial charge is 0.292 e. The van der Waals surface area contributed by atoms with Crippen molar-refractivity contribution in [2.45, 2.75) is 19.8 Å². The van der Waals surface area contributed by atoms with Crippen molar-refractivity contribution < 1.29 is 9.72 Å². The van der Waals surface area contributed by atoms with E-state index in [9.17, 15) is 14.9 Å². The zero-order chi connectivity index (χ0) is 19.7. The van der Waals surface area contributed by atoms with E-state index in [0.717, 1.165) is 15.8 Å². The molecule has 144 valence electrons. The lowest BCUT2D eigenvalue weighted by Crippen LogP contribution is -2.38. The SMILES string of the molecule is Cc1cccc2sc(NC(=O)C3CCN(c4ccccc4[N+](=O)[O-])CC3)nc12. The highest BCUT2D eigenvalue weighted by Gasteiger charge is 2.28. The number of para-hydroxylation sites is 3. The molecule has 0 bridgehead atoms. The van der Waals surface area contributed by atoms with Gasteiger partial charge in [0.1, 0.15) is 5.69 Å². The Morgan fingerprint density at radius 2 is 1.96 bits per heavy atom. The summed E-state index contributed by atoms with van der Waals surface area (Å²) in [6.45, 7) is 3.23. The Hall–Kier alpha value is -3.00. The number of nitro benzene ring substituents is 1. The van der Waals surface area contributed by atoms with Crippen molar-refractivity contribution in [1.82, 2.24) is 4.98 Å². The Balaban J connectivity index is 1.41. The molecule has 2 heterocycles. The van der Waals surface area contributed by atoms with Crippen LogP contribution in [0.4, 0.5) is 16.5 Å². The van der Waals surface area contributed by atoms with Crippen LogP contribution >= 0.6 is 11.3 Å². The summed E-state index contributed by atoms with van der Waals surface area (Å²) < 4.78 is 1.06. The van der Waals surface area contributed by atoms with Gasteiger partial charge in [-0.15, -0.1) is 0 Å². The van der Waals surface area contributed by atoms with E-state index in [4.69, 9.17) is 0 Å². The summed E-state index contributed by atoms with van der Waals surface area (Å²) in [5, 5.41) is 14.8. The molecule has 0 saturated carbocycles. The molecule has 1 amide bonds. The second-order valence-electron chi connectivity index (χ2n) is 6.94. The molecular formula is C20H20N4O3S. The molecule has 1 aromatic heterocycles. The lowest BCUT2D eigenvalue weighted by atomic mass is 9.95. The predicted molar refractivity (Wildman–Crippen MR) is 111 cm³/mol. The average Bonchev–Trinajstić information content (AvgIpc) is 3.12. The first kappa shape index (κ1) is 18.4. The molecule has 0 aliphatic carbocycles. The minimum atomic E-state index is -0.358. The highest BCUT2D eigenvalue weighted by Crippen LogP contribution is 2.32. The maximum Gasteiger partial charge on any atom is 0.292 e. The quantitative estimate of drug-likeness (QED) is 0.523. The van der Waals surface area contributed by atoms with E-state index in [1.165, 1.54) is 17.4 Å². The number of nitro groups is 1. The number of nitrogens with one attached hydrogen (secondary N) is 1. The highest BCUT2D eigenvalue weighted by molar-refractivity contribution is 7.22. The first-order chi connectivity index (χ1) is 13.5. The third kappa shape index (κ3) is 3.55. The lowest BCUT2D eigenvalue weighted by molar-refractivity contribution is -0.384. The van der Waals surface area contributed by atoms with E-state index in [1.54, 1.807) is 18.2 Å². The Morgan fingerprint density at radius 1 is 1.21 bits per heavy atom. The van der Waals surface area contributed by atoms with Crippen LogP contribution in [0.15, 0.2) is 42.5 Å². The van der Waals surface area contributed by atoms with Crippen molar-refractivity contribution in [3.8, 4) is 0 Å². The molecule has 1 aliphatic heterocycles. The standard InChI is InChI=1S/C20H20N4O3S/c1-13-5-4-8-17-18(13)21-20(28-17)22-19(25)14-9-11-23(12-10-14)15-6-2-3-7-16(15)24(26)27/h2-8,14H,9-12H2,1H3,(H,21,22,25). The number of benzene rings is 2. The van der Waals surface area contributed by atoms with Crippen LogP contribution in [0, 0.1) is 23.0 Å². The summed E-state index contributed by atoms with van der Waals surface area (Å²) in [6.07, 6.45) is 1.31. The van der Waals surface area contributed by atoms with E-state index in [-0.39, 0.29) is 22.4 Å². The van der Waals surface area contributed by atoms with E-state index in [2.05, 4.69) is 10.3 Å². The number of carbonyl (C=O) groups is 1. The molecule has 1 aliphatic rings. The molecule has 0 unspecified atom stereocenters. The Kier molecular flexibility index (Phi) is 4.95. The van der Waals surface area contributed by atoms with Gasteiger partial charge in [-0.25, -0.2) is 4.98 Å². The first-order valence-electron chi connectivity index (χ1n) is 9.18. The fourth-order valence-corrected chi connectivity index (χ4v) is 4.56. The van der Waals surface area contributed by atoms with Crippen molar-refractivity contribution in [1.29, 1.82) is 0 Å². The molecule has 1 saturated heterocycles. The number of fused-ring (bicyclic) bond motifs is 1. The van der Waals surface area contributed by atoms with Crippen LogP contribution < -0.4 is 10.2 Å². The minimum Gasteiger partial charge on any atom is -0.366 e. The number of carbonyl (C=O) groups excluding carboxylic acids is 1. The van der Waals surface area contributed by atoms with Gasteiger partial charge in [-0.2, -0.15) is 0 Å². The topological polar surface area (TPSA) is 88.4 Å². The number of hydrogen-bond acceptors (Lipinski definition) is 6. The molecule has 0 radical (unpaired) electrons. The number of nitrogens with zero attached hydrogens (tertiary/aromatic N) is 3. The molecule has 4 rings (SSSR count). The molecule has 0 spiro atoms. The Labute approximate surface area is 166 Å². The van der Waals surface area contributed by atoms with Gasteiger partial charge in [0.2, 0.25) is 5.91 Å². The van der Waals surface area contributed by atoms with Gasteiger partial charge >= 0.3 is 0 Å². The van der Waals surface area contributed by atoms with E-state index < -0.39 is 0 Å². The van der Waals surface area contributed by atoms with Gasteiger partial charge in [0.05, 0.1) is 15.1 Å². The molecule has 8 heteroatoms. The Morgan fingerprint density at radius 3 is 2.68 bits per heavy atom. The number of aromatic nitrogens is 1. The van der Waals surface area contributed by atoms with Crippen LogP contribution in [-0.2, 0) is 4.79 Å². The summed E-state index contributed by atoms with van der Waals surface area (Å²) in [7, 11) is 0. The molecule has 1 N–H and O–H groups in total. The second-order valence-corrected chi connectivity index (χ2v) is 7.97. The number of anilines is 2. The number of rotatable bonds is 4. The number of amides is 1. The molecular weight excluding hydrogens is 376 g/mol. The van der Waals surface area contributed by atoms with Crippen LogP contribution in [0.1, 0.15) is 18.4 Å². The number of aryl methyl sites for hydroxylation is 1. The van der Waals surface area contributed by atoms with Crippen LogP contribution in [0.25, 0.3) is 10.2 Å². The summed E-state index contributed by atoms with van der Waals surface area (Å²) in [5.74, 6) is -0.147. The fourth-order valence-electron chi connectivity index (χ4n) is 3.62. The van der Waals surface area contributed by atoms with Crippen molar-refractivity contribution in [3.63, 3.8) is 0 Å². The van der Waals surface area contributed by atoms with E-state index in [1.807, 2.05) is 30.0 Å². The normalized spacial score (nSPS) is 15.0. The maximum absolute atomic E-state index is 12.7.